The first-order valence-electron chi connectivity index (χ1n) is 5.11. The van der Waals surface area contributed by atoms with Crippen LogP contribution in [0, 0.1) is 11.6 Å². The van der Waals surface area contributed by atoms with Crippen LogP contribution in [-0.2, 0) is 0 Å². The highest BCUT2D eigenvalue weighted by molar-refractivity contribution is 9.10. The molecule has 0 spiro atoms. The average Bonchev–Trinajstić information content (AvgIpc) is 2.14. The minimum absolute atomic E-state index is 0.157. The molecule has 0 amide bonds. The number of aliphatic hydroxyl groups excluding tert-OH is 1. The Balaban J connectivity index is 2.63. The molecule has 96 valence electrons. The predicted molar refractivity (Wildman–Crippen MR) is 67.1 cm³/mol. The second-order valence-corrected chi connectivity index (χ2v) is 4.90. The Bertz CT molecular complexity index is 365. The maximum Gasteiger partial charge on any atom is 0.150 e. The van der Waals surface area contributed by atoms with Crippen LogP contribution in [0.2, 0.25) is 0 Å². The van der Waals surface area contributed by atoms with Gasteiger partial charge in [0, 0.05) is 23.6 Å². The summed E-state index contributed by atoms with van der Waals surface area (Å²) in [6.07, 6.45) is -0.624. The van der Waals surface area contributed by atoms with Crippen LogP contribution in [0.25, 0.3) is 0 Å². The summed E-state index contributed by atoms with van der Waals surface area (Å²) in [5.74, 6) is -1.33. The third-order valence-corrected chi connectivity index (χ3v) is 2.72. The van der Waals surface area contributed by atoms with Gasteiger partial charge in [0.2, 0.25) is 0 Å². The maximum absolute atomic E-state index is 13.4. The van der Waals surface area contributed by atoms with Crippen molar-refractivity contribution in [3.8, 4) is 0 Å². The second-order valence-electron chi connectivity index (χ2n) is 4.04. The first-order valence-corrected chi connectivity index (χ1v) is 5.90. The Morgan fingerprint density at radius 1 is 1.41 bits per heavy atom. The van der Waals surface area contributed by atoms with Gasteiger partial charge in [-0.15, -0.1) is 0 Å². The lowest BCUT2D eigenvalue weighted by Crippen LogP contribution is -2.31. The molecule has 0 heterocycles. The number of anilines is 1. The number of aliphatic hydroxyl groups is 1. The molecule has 0 aliphatic heterocycles. The fraction of sp³-hybridized carbons (Fsp3) is 0.455. The number of halogens is 3. The zero-order valence-electron chi connectivity index (χ0n) is 9.67. The highest BCUT2D eigenvalue weighted by Crippen LogP contribution is 2.26. The largest absolute Gasteiger partial charge is 0.390 e. The first-order chi connectivity index (χ1) is 7.90. The van der Waals surface area contributed by atoms with Gasteiger partial charge in [-0.25, -0.2) is 8.78 Å². The van der Waals surface area contributed by atoms with E-state index in [2.05, 4.69) is 21.2 Å². The molecule has 0 aliphatic rings. The Morgan fingerprint density at radius 2 is 2.06 bits per heavy atom. The van der Waals surface area contributed by atoms with Crippen molar-refractivity contribution < 1.29 is 13.9 Å². The Labute approximate surface area is 108 Å². The number of rotatable bonds is 5. The van der Waals surface area contributed by atoms with Gasteiger partial charge in [-0.1, -0.05) is 0 Å². The van der Waals surface area contributed by atoms with Crippen molar-refractivity contribution in [2.45, 2.75) is 6.10 Å². The third kappa shape index (κ3) is 4.57. The number of nitrogens with one attached hydrogen (secondary N) is 1. The van der Waals surface area contributed by atoms with Crippen LogP contribution in [0.3, 0.4) is 0 Å². The molecule has 6 heteroatoms. The molecule has 0 aromatic heterocycles. The summed E-state index contributed by atoms with van der Waals surface area (Å²) >= 11 is 3.06. The standard InChI is InChI=1S/C11H15BrF2N2O/c1-16(2)6-8(17)5-15-11-9(12)3-7(13)4-10(11)14/h3-4,8,15,17H,5-6H2,1-2H3. The van der Waals surface area contributed by atoms with Gasteiger partial charge < -0.3 is 15.3 Å². The molecular formula is C11H15BrF2N2O. The van der Waals surface area contributed by atoms with E-state index in [4.69, 9.17) is 0 Å². The third-order valence-electron chi connectivity index (χ3n) is 2.10. The molecule has 17 heavy (non-hydrogen) atoms. The fourth-order valence-corrected chi connectivity index (χ4v) is 1.97. The molecule has 1 aromatic rings. The number of benzene rings is 1. The zero-order valence-corrected chi connectivity index (χ0v) is 11.3. The first kappa shape index (κ1) is 14.3. The summed E-state index contributed by atoms with van der Waals surface area (Å²) in [5.41, 5.74) is 0.157. The topological polar surface area (TPSA) is 35.5 Å². The van der Waals surface area contributed by atoms with Gasteiger partial charge >= 0.3 is 0 Å². The van der Waals surface area contributed by atoms with E-state index in [1.165, 1.54) is 6.07 Å². The number of likely N-dealkylation sites (N-methyl/N-ethyl adjacent to an activating group) is 1. The molecule has 1 aromatic carbocycles. The minimum Gasteiger partial charge on any atom is -0.390 e. The molecule has 0 bridgehead atoms. The van der Waals surface area contributed by atoms with E-state index in [9.17, 15) is 13.9 Å². The van der Waals surface area contributed by atoms with Crippen LogP contribution < -0.4 is 5.32 Å². The summed E-state index contributed by atoms with van der Waals surface area (Å²) in [5, 5.41) is 12.3. The maximum atomic E-state index is 13.4. The average molecular weight is 309 g/mol. The van der Waals surface area contributed by atoms with Crippen LogP contribution in [0.4, 0.5) is 14.5 Å². The monoisotopic (exact) mass is 308 g/mol. The van der Waals surface area contributed by atoms with Crippen molar-refractivity contribution in [2.24, 2.45) is 0 Å². The molecule has 1 rings (SSSR count). The van der Waals surface area contributed by atoms with E-state index in [1.54, 1.807) is 0 Å². The summed E-state index contributed by atoms with van der Waals surface area (Å²) in [6.45, 7) is 0.659. The SMILES string of the molecule is CN(C)CC(O)CNc1c(F)cc(F)cc1Br. The molecule has 1 unspecified atom stereocenters. The Morgan fingerprint density at radius 3 is 2.59 bits per heavy atom. The molecular weight excluding hydrogens is 294 g/mol. The zero-order chi connectivity index (χ0) is 13.0. The van der Waals surface area contributed by atoms with Crippen molar-refractivity contribution >= 4 is 21.6 Å². The normalized spacial score (nSPS) is 12.9. The lowest BCUT2D eigenvalue weighted by atomic mass is 10.2. The van der Waals surface area contributed by atoms with E-state index < -0.39 is 17.7 Å². The highest BCUT2D eigenvalue weighted by atomic mass is 79.9. The van der Waals surface area contributed by atoms with Crippen molar-refractivity contribution in [3.63, 3.8) is 0 Å². The van der Waals surface area contributed by atoms with Gasteiger partial charge in [0.15, 0.2) is 0 Å². The van der Waals surface area contributed by atoms with Crippen LogP contribution in [0.15, 0.2) is 16.6 Å². The van der Waals surface area contributed by atoms with Gasteiger partial charge in [0.25, 0.3) is 0 Å². The number of nitrogens with zero attached hydrogens (tertiary/aromatic N) is 1. The minimum atomic E-state index is -0.686. The van der Waals surface area contributed by atoms with Crippen molar-refractivity contribution in [1.29, 1.82) is 0 Å². The van der Waals surface area contributed by atoms with Crippen LogP contribution in [0.1, 0.15) is 0 Å². The smallest absolute Gasteiger partial charge is 0.150 e. The predicted octanol–water partition coefficient (Wildman–Crippen LogP) is 2.06. The molecule has 0 fully saturated rings. The van der Waals surface area contributed by atoms with E-state index >= 15 is 0 Å². The fourth-order valence-electron chi connectivity index (χ4n) is 1.42. The van der Waals surface area contributed by atoms with Crippen molar-refractivity contribution in [3.05, 3.63) is 28.2 Å². The quantitative estimate of drug-likeness (QED) is 0.874. The molecule has 0 radical (unpaired) electrons. The van der Waals surface area contributed by atoms with Crippen LogP contribution in [0.5, 0.6) is 0 Å². The van der Waals surface area contributed by atoms with E-state index in [0.717, 1.165) is 6.07 Å². The van der Waals surface area contributed by atoms with E-state index in [-0.39, 0.29) is 12.2 Å². The van der Waals surface area contributed by atoms with Gasteiger partial charge in [0.05, 0.1) is 11.8 Å². The van der Waals surface area contributed by atoms with Crippen LogP contribution in [-0.4, -0.2) is 43.3 Å². The second kappa shape index (κ2) is 6.28. The molecule has 0 saturated heterocycles. The van der Waals surface area contributed by atoms with Crippen molar-refractivity contribution in [2.75, 3.05) is 32.5 Å². The highest BCUT2D eigenvalue weighted by Gasteiger charge is 2.11. The van der Waals surface area contributed by atoms with Crippen LogP contribution >= 0.6 is 15.9 Å². The van der Waals surface area contributed by atoms with Gasteiger partial charge in [0.1, 0.15) is 11.6 Å². The summed E-state index contributed by atoms with van der Waals surface area (Å²) in [6, 6.07) is 1.97. The Hall–Kier alpha value is -0.720. The molecule has 0 aliphatic carbocycles. The van der Waals surface area contributed by atoms with Crippen molar-refractivity contribution in [1.82, 2.24) is 4.90 Å². The lowest BCUT2D eigenvalue weighted by molar-refractivity contribution is 0.148. The number of hydrogen-bond acceptors (Lipinski definition) is 3. The molecule has 3 nitrogen and oxygen atoms in total. The lowest BCUT2D eigenvalue weighted by Gasteiger charge is -2.17. The van der Waals surface area contributed by atoms with Gasteiger partial charge in [-0.3, -0.25) is 0 Å². The molecule has 1 atom stereocenters. The van der Waals surface area contributed by atoms with Gasteiger partial charge in [-0.05, 0) is 36.1 Å². The molecule has 2 N–H and O–H groups in total. The number of hydrogen-bond donors (Lipinski definition) is 2. The van der Waals surface area contributed by atoms with E-state index in [1.807, 2.05) is 19.0 Å². The summed E-state index contributed by atoms with van der Waals surface area (Å²) in [7, 11) is 3.66. The summed E-state index contributed by atoms with van der Waals surface area (Å²) in [4.78, 5) is 1.82. The van der Waals surface area contributed by atoms with Gasteiger partial charge in [-0.2, -0.15) is 0 Å². The van der Waals surface area contributed by atoms with E-state index in [0.29, 0.717) is 11.0 Å². The molecule has 0 saturated carbocycles. The summed E-state index contributed by atoms with van der Waals surface area (Å²) < 4.78 is 26.5. The Kier molecular flexibility index (Phi) is 5.30.